The molecule has 1 atom stereocenters. The summed E-state index contributed by atoms with van der Waals surface area (Å²) in [7, 11) is 1.37. The molecule has 2 rings (SSSR count). The van der Waals surface area contributed by atoms with Crippen LogP contribution >= 0.6 is 0 Å². The summed E-state index contributed by atoms with van der Waals surface area (Å²) in [6.45, 7) is 0.945. The fourth-order valence-electron chi connectivity index (χ4n) is 2.08. The second kappa shape index (κ2) is 4.50. The third kappa shape index (κ3) is 1.86. The van der Waals surface area contributed by atoms with Crippen LogP contribution in [0.1, 0.15) is 30.0 Å². The number of benzene rings is 1. The van der Waals surface area contributed by atoms with Crippen LogP contribution in [0.5, 0.6) is 5.75 Å². The van der Waals surface area contributed by atoms with Gasteiger partial charge >= 0.3 is 0 Å². The Balaban J connectivity index is 2.41. The topological polar surface area (TPSA) is 45.0 Å². The van der Waals surface area contributed by atoms with E-state index < -0.39 is 5.82 Å². The first-order valence-corrected chi connectivity index (χ1v) is 5.27. The molecule has 1 N–H and O–H groups in total. The smallest absolute Gasteiger partial charge is 0.172 e. The lowest BCUT2D eigenvalue weighted by molar-refractivity contribution is 0.384. The normalized spacial score (nSPS) is 19.4. The van der Waals surface area contributed by atoms with E-state index in [1.54, 1.807) is 6.07 Å². The van der Waals surface area contributed by atoms with Gasteiger partial charge in [-0.15, -0.1) is 0 Å². The van der Waals surface area contributed by atoms with Crippen molar-refractivity contribution < 1.29 is 9.13 Å². The molecule has 0 amide bonds. The van der Waals surface area contributed by atoms with Gasteiger partial charge in [0.1, 0.15) is 6.07 Å². The van der Waals surface area contributed by atoms with Gasteiger partial charge in [-0.1, -0.05) is 0 Å². The van der Waals surface area contributed by atoms with Gasteiger partial charge in [0, 0.05) is 6.04 Å². The van der Waals surface area contributed by atoms with Gasteiger partial charge in [0.2, 0.25) is 0 Å². The minimum absolute atomic E-state index is 0.0317. The minimum Gasteiger partial charge on any atom is -0.492 e. The Hall–Kier alpha value is -1.60. The third-order valence-corrected chi connectivity index (χ3v) is 2.85. The Morgan fingerprint density at radius 1 is 1.56 bits per heavy atom. The van der Waals surface area contributed by atoms with E-state index >= 15 is 0 Å². The van der Waals surface area contributed by atoms with E-state index in [1.807, 2.05) is 6.07 Å². The summed E-state index contributed by atoms with van der Waals surface area (Å²) in [6, 6.07) is 5.26. The van der Waals surface area contributed by atoms with Crippen molar-refractivity contribution in [3.8, 4) is 11.8 Å². The zero-order chi connectivity index (χ0) is 11.5. The van der Waals surface area contributed by atoms with Gasteiger partial charge in [-0.05, 0) is 37.1 Å². The highest BCUT2D eigenvalue weighted by Crippen LogP contribution is 2.30. The Morgan fingerprint density at radius 2 is 2.38 bits per heavy atom. The molecule has 0 radical (unpaired) electrons. The Labute approximate surface area is 93.8 Å². The molecule has 3 nitrogen and oxygen atoms in total. The number of nitriles is 1. The number of hydrogen-bond acceptors (Lipinski definition) is 3. The highest BCUT2D eigenvalue weighted by molar-refractivity contribution is 5.47. The predicted molar refractivity (Wildman–Crippen MR) is 57.6 cm³/mol. The molecule has 1 aliphatic rings. The molecule has 0 spiro atoms. The van der Waals surface area contributed by atoms with Crippen LogP contribution in [-0.4, -0.2) is 13.7 Å². The standard InChI is InChI=1S/C12H13FN2O/c1-16-12-9(7-14)5-8(6-10(12)13)11-3-2-4-15-11/h5-6,11,15H,2-4H2,1H3. The maximum absolute atomic E-state index is 13.6. The molecule has 84 valence electrons. The van der Waals surface area contributed by atoms with E-state index in [0.29, 0.717) is 0 Å². The second-order valence-corrected chi connectivity index (χ2v) is 3.84. The average molecular weight is 220 g/mol. The minimum atomic E-state index is -0.467. The van der Waals surface area contributed by atoms with Crippen molar-refractivity contribution in [2.24, 2.45) is 0 Å². The van der Waals surface area contributed by atoms with Gasteiger partial charge < -0.3 is 10.1 Å². The summed E-state index contributed by atoms with van der Waals surface area (Å²) >= 11 is 0. The molecule has 1 aromatic carbocycles. The molecule has 1 saturated heterocycles. The van der Waals surface area contributed by atoms with E-state index in [-0.39, 0.29) is 17.4 Å². The first-order chi connectivity index (χ1) is 7.76. The number of methoxy groups -OCH3 is 1. The van der Waals surface area contributed by atoms with Crippen LogP contribution in [0, 0.1) is 17.1 Å². The summed E-state index contributed by atoms with van der Waals surface area (Å²) in [6.07, 6.45) is 2.07. The Morgan fingerprint density at radius 3 is 2.94 bits per heavy atom. The monoisotopic (exact) mass is 220 g/mol. The summed E-state index contributed by atoms with van der Waals surface area (Å²) < 4.78 is 18.5. The lowest BCUT2D eigenvalue weighted by Gasteiger charge is -2.13. The molecule has 4 heteroatoms. The number of hydrogen-bond donors (Lipinski definition) is 1. The largest absolute Gasteiger partial charge is 0.492 e. The van der Waals surface area contributed by atoms with Gasteiger partial charge in [-0.2, -0.15) is 5.26 Å². The van der Waals surface area contributed by atoms with Crippen molar-refractivity contribution in [1.82, 2.24) is 5.32 Å². The second-order valence-electron chi connectivity index (χ2n) is 3.84. The van der Waals surface area contributed by atoms with Crippen molar-refractivity contribution in [3.05, 3.63) is 29.1 Å². The quantitative estimate of drug-likeness (QED) is 0.830. The van der Waals surface area contributed by atoms with Crippen molar-refractivity contribution >= 4 is 0 Å². The van der Waals surface area contributed by atoms with E-state index in [2.05, 4.69) is 5.32 Å². The van der Waals surface area contributed by atoms with Crippen LogP contribution in [0.4, 0.5) is 4.39 Å². The van der Waals surface area contributed by atoms with Crippen LogP contribution in [0.15, 0.2) is 12.1 Å². The molecule has 0 aliphatic carbocycles. The fraction of sp³-hybridized carbons (Fsp3) is 0.417. The lowest BCUT2D eigenvalue weighted by atomic mass is 10.0. The summed E-state index contributed by atoms with van der Waals surface area (Å²) in [5.74, 6) is -0.436. The van der Waals surface area contributed by atoms with Crippen molar-refractivity contribution in [1.29, 1.82) is 5.26 Å². The first-order valence-electron chi connectivity index (χ1n) is 5.27. The maximum atomic E-state index is 13.6. The fourth-order valence-corrected chi connectivity index (χ4v) is 2.08. The van der Waals surface area contributed by atoms with Crippen LogP contribution in [-0.2, 0) is 0 Å². The van der Waals surface area contributed by atoms with Crippen LogP contribution in [0.25, 0.3) is 0 Å². The molecule has 0 bridgehead atoms. The molecular formula is C12H13FN2O. The lowest BCUT2D eigenvalue weighted by Crippen LogP contribution is -2.13. The number of rotatable bonds is 2. The van der Waals surface area contributed by atoms with Crippen LogP contribution in [0.2, 0.25) is 0 Å². The molecule has 1 heterocycles. The molecule has 16 heavy (non-hydrogen) atoms. The van der Waals surface area contributed by atoms with Crippen molar-refractivity contribution in [3.63, 3.8) is 0 Å². The van der Waals surface area contributed by atoms with Gasteiger partial charge in [-0.25, -0.2) is 4.39 Å². The van der Waals surface area contributed by atoms with E-state index in [4.69, 9.17) is 10.00 Å². The molecule has 0 aromatic heterocycles. The maximum Gasteiger partial charge on any atom is 0.172 e. The Kier molecular flexibility index (Phi) is 3.07. The zero-order valence-corrected chi connectivity index (χ0v) is 9.09. The van der Waals surface area contributed by atoms with Gasteiger partial charge in [0.05, 0.1) is 12.7 Å². The third-order valence-electron chi connectivity index (χ3n) is 2.85. The predicted octanol–water partition coefficient (Wildman–Crippen LogP) is 2.13. The highest BCUT2D eigenvalue weighted by Gasteiger charge is 2.20. The number of ether oxygens (including phenoxy) is 1. The first kappa shape index (κ1) is 10.9. The average Bonchev–Trinajstić information content (AvgIpc) is 2.81. The molecule has 1 fully saturated rings. The van der Waals surface area contributed by atoms with E-state index in [0.717, 1.165) is 24.9 Å². The molecular weight excluding hydrogens is 207 g/mol. The Bertz CT molecular complexity index is 433. The molecule has 1 aliphatic heterocycles. The summed E-state index contributed by atoms with van der Waals surface area (Å²) in [5.41, 5.74) is 1.08. The molecule has 1 unspecified atom stereocenters. The SMILES string of the molecule is COc1c(F)cc(C2CCCN2)cc1C#N. The van der Waals surface area contributed by atoms with Crippen molar-refractivity contribution in [2.75, 3.05) is 13.7 Å². The number of nitrogens with one attached hydrogen (secondary N) is 1. The zero-order valence-electron chi connectivity index (χ0n) is 9.09. The van der Waals surface area contributed by atoms with E-state index in [1.165, 1.54) is 13.2 Å². The van der Waals surface area contributed by atoms with Gasteiger partial charge in [0.25, 0.3) is 0 Å². The number of halogens is 1. The van der Waals surface area contributed by atoms with Crippen LogP contribution < -0.4 is 10.1 Å². The van der Waals surface area contributed by atoms with E-state index in [9.17, 15) is 4.39 Å². The molecule has 0 saturated carbocycles. The molecule has 1 aromatic rings. The number of nitrogens with zero attached hydrogens (tertiary/aromatic N) is 1. The summed E-state index contributed by atoms with van der Waals surface area (Å²) in [5, 5.41) is 12.2. The van der Waals surface area contributed by atoms with Gasteiger partial charge in [-0.3, -0.25) is 0 Å². The van der Waals surface area contributed by atoms with Crippen molar-refractivity contribution in [2.45, 2.75) is 18.9 Å². The van der Waals surface area contributed by atoms with Gasteiger partial charge in [0.15, 0.2) is 11.6 Å². The summed E-state index contributed by atoms with van der Waals surface area (Å²) in [4.78, 5) is 0. The van der Waals surface area contributed by atoms with Crippen LogP contribution in [0.3, 0.4) is 0 Å². The highest BCUT2D eigenvalue weighted by atomic mass is 19.1.